The second-order valence-electron chi connectivity index (χ2n) is 5.88. The zero-order valence-electron chi connectivity index (χ0n) is 15.3. The minimum Gasteiger partial charge on any atom is -0.491 e. The number of hydrogen-bond donors (Lipinski definition) is 2. The molecule has 0 aliphatic rings. The van der Waals surface area contributed by atoms with Crippen LogP contribution in [0.25, 0.3) is 11.4 Å². The summed E-state index contributed by atoms with van der Waals surface area (Å²) in [5, 5.41) is 2.71. The molecule has 0 aliphatic heterocycles. The van der Waals surface area contributed by atoms with E-state index in [1.165, 1.54) is 6.20 Å². The van der Waals surface area contributed by atoms with E-state index < -0.39 is 11.5 Å². The van der Waals surface area contributed by atoms with Gasteiger partial charge in [0.05, 0.1) is 6.61 Å². The lowest BCUT2D eigenvalue weighted by Gasteiger charge is -2.08. The Morgan fingerprint density at radius 1 is 1.14 bits per heavy atom. The molecule has 2 aromatic heterocycles. The first-order chi connectivity index (χ1) is 13.7. The van der Waals surface area contributed by atoms with Gasteiger partial charge in [-0.15, -0.1) is 0 Å². The van der Waals surface area contributed by atoms with Crippen LogP contribution < -0.4 is 15.6 Å². The standard InChI is InChI=1S/C20H20N4O4/c1-27-9-10-28-16-6-4-14(5-7-16)11-23-19(25)17-13-22-18(24-20(17)26)15-3-2-8-21-12-15/h2-8,12-13H,9-11H2,1H3,(H,23,25)(H,22,24,26). The normalized spacial score (nSPS) is 10.5. The summed E-state index contributed by atoms with van der Waals surface area (Å²) in [5.74, 6) is 0.587. The van der Waals surface area contributed by atoms with E-state index in [1.54, 1.807) is 31.6 Å². The maximum atomic E-state index is 12.3. The lowest BCUT2D eigenvalue weighted by Crippen LogP contribution is -2.29. The van der Waals surface area contributed by atoms with E-state index in [0.29, 0.717) is 24.6 Å². The number of ether oxygens (including phenoxy) is 2. The first kappa shape index (κ1) is 19.2. The number of pyridine rings is 1. The number of nitrogens with one attached hydrogen (secondary N) is 2. The molecule has 0 radical (unpaired) electrons. The van der Waals surface area contributed by atoms with Crippen molar-refractivity contribution in [2.45, 2.75) is 6.54 Å². The van der Waals surface area contributed by atoms with Gasteiger partial charge >= 0.3 is 0 Å². The Hall–Kier alpha value is -3.52. The third-order valence-corrected chi connectivity index (χ3v) is 3.91. The number of amides is 1. The molecule has 0 atom stereocenters. The van der Waals surface area contributed by atoms with Gasteiger partial charge in [0.25, 0.3) is 11.5 Å². The van der Waals surface area contributed by atoms with Gasteiger partial charge in [0.2, 0.25) is 0 Å². The highest BCUT2D eigenvalue weighted by Crippen LogP contribution is 2.12. The maximum absolute atomic E-state index is 12.3. The second-order valence-corrected chi connectivity index (χ2v) is 5.88. The maximum Gasteiger partial charge on any atom is 0.264 e. The Balaban J connectivity index is 1.60. The summed E-state index contributed by atoms with van der Waals surface area (Å²) in [6.07, 6.45) is 4.48. The summed E-state index contributed by atoms with van der Waals surface area (Å²) >= 11 is 0. The molecule has 0 aliphatic carbocycles. The van der Waals surface area contributed by atoms with Gasteiger partial charge in [0.15, 0.2) is 0 Å². The van der Waals surface area contributed by atoms with Crippen molar-refractivity contribution in [3.05, 3.63) is 76.5 Å². The van der Waals surface area contributed by atoms with Crippen molar-refractivity contribution in [3.8, 4) is 17.1 Å². The fraction of sp³-hybridized carbons (Fsp3) is 0.200. The molecule has 144 valence electrons. The van der Waals surface area contributed by atoms with Gasteiger partial charge in [-0.05, 0) is 29.8 Å². The van der Waals surface area contributed by atoms with E-state index in [-0.39, 0.29) is 12.1 Å². The lowest BCUT2D eigenvalue weighted by molar-refractivity contribution is 0.0949. The quantitative estimate of drug-likeness (QED) is 0.577. The highest BCUT2D eigenvalue weighted by atomic mass is 16.5. The van der Waals surface area contributed by atoms with Crippen molar-refractivity contribution in [1.82, 2.24) is 20.3 Å². The van der Waals surface area contributed by atoms with E-state index in [2.05, 4.69) is 20.3 Å². The number of aromatic nitrogens is 3. The SMILES string of the molecule is COCCOc1ccc(CNC(=O)c2cnc(-c3cccnc3)[nH]c2=O)cc1. The average molecular weight is 380 g/mol. The minimum absolute atomic E-state index is 0.0489. The summed E-state index contributed by atoms with van der Waals surface area (Å²) in [6.45, 7) is 1.26. The van der Waals surface area contributed by atoms with E-state index in [4.69, 9.17) is 9.47 Å². The van der Waals surface area contributed by atoms with E-state index in [0.717, 1.165) is 11.3 Å². The average Bonchev–Trinajstić information content (AvgIpc) is 2.73. The third-order valence-electron chi connectivity index (χ3n) is 3.91. The number of methoxy groups -OCH3 is 1. The Bertz CT molecular complexity index is 972. The van der Waals surface area contributed by atoms with Gasteiger partial charge < -0.3 is 19.8 Å². The van der Waals surface area contributed by atoms with Crippen LogP contribution in [0.15, 0.2) is 59.8 Å². The van der Waals surface area contributed by atoms with Crippen LogP contribution in [0.3, 0.4) is 0 Å². The summed E-state index contributed by atoms with van der Waals surface area (Å²) in [5.41, 5.74) is 0.989. The molecule has 3 aromatic rings. The van der Waals surface area contributed by atoms with E-state index in [1.807, 2.05) is 24.3 Å². The molecule has 1 aromatic carbocycles. The number of hydrogen-bond acceptors (Lipinski definition) is 6. The number of nitrogens with zero attached hydrogens (tertiary/aromatic N) is 2. The fourth-order valence-corrected chi connectivity index (χ4v) is 2.43. The number of H-pyrrole nitrogens is 1. The first-order valence-corrected chi connectivity index (χ1v) is 8.66. The van der Waals surface area contributed by atoms with Crippen molar-refractivity contribution in [3.63, 3.8) is 0 Å². The van der Waals surface area contributed by atoms with Gasteiger partial charge in [-0.2, -0.15) is 0 Å². The van der Waals surface area contributed by atoms with Gasteiger partial charge in [-0.3, -0.25) is 14.6 Å². The van der Waals surface area contributed by atoms with Crippen LogP contribution in [-0.2, 0) is 11.3 Å². The predicted octanol–water partition coefficient (Wildman–Crippen LogP) is 1.79. The van der Waals surface area contributed by atoms with Crippen LogP contribution in [0.2, 0.25) is 0 Å². The number of carbonyl (C=O) groups is 1. The van der Waals surface area contributed by atoms with Crippen molar-refractivity contribution in [1.29, 1.82) is 0 Å². The molecule has 1 amide bonds. The number of carbonyl (C=O) groups excluding carboxylic acids is 1. The van der Waals surface area contributed by atoms with Gasteiger partial charge in [-0.25, -0.2) is 4.98 Å². The molecule has 28 heavy (non-hydrogen) atoms. The smallest absolute Gasteiger partial charge is 0.264 e. The molecule has 0 saturated carbocycles. The molecular formula is C20H20N4O4. The predicted molar refractivity (Wildman–Crippen MR) is 103 cm³/mol. The molecule has 0 spiro atoms. The minimum atomic E-state index is -0.506. The zero-order chi connectivity index (χ0) is 19.8. The van der Waals surface area contributed by atoms with Crippen LogP contribution in [0.4, 0.5) is 0 Å². The van der Waals surface area contributed by atoms with Crippen LogP contribution in [0.1, 0.15) is 15.9 Å². The monoisotopic (exact) mass is 380 g/mol. The molecule has 0 unspecified atom stereocenters. The van der Waals surface area contributed by atoms with Crippen molar-refractivity contribution in [2.24, 2.45) is 0 Å². The molecule has 3 rings (SSSR count). The molecule has 0 bridgehead atoms. The Kier molecular flexibility index (Phi) is 6.48. The number of benzene rings is 1. The van der Waals surface area contributed by atoms with Crippen LogP contribution in [-0.4, -0.2) is 41.2 Å². The van der Waals surface area contributed by atoms with Gasteiger partial charge in [-0.1, -0.05) is 12.1 Å². The highest BCUT2D eigenvalue weighted by molar-refractivity contribution is 5.93. The molecule has 8 nitrogen and oxygen atoms in total. The lowest BCUT2D eigenvalue weighted by atomic mass is 10.2. The summed E-state index contributed by atoms with van der Waals surface area (Å²) in [4.78, 5) is 35.3. The zero-order valence-corrected chi connectivity index (χ0v) is 15.3. The van der Waals surface area contributed by atoms with Crippen molar-refractivity contribution in [2.75, 3.05) is 20.3 Å². The Morgan fingerprint density at radius 2 is 1.96 bits per heavy atom. The summed E-state index contributed by atoms with van der Waals surface area (Å²) in [7, 11) is 1.61. The fourth-order valence-electron chi connectivity index (χ4n) is 2.43. The number of rotatable bonds is 8. The highest BCUT2D eigenvalue weighted by Gasteiger charge is 2.12. The van der Waals surface area contributed by atoms with Crippen LogP contribution >= 0.6 is 0 Å². The molecule has 0 fully saturated rings. The van der Waals surface area contributed by atoms with Crippen molar-refractivity contribution < 1.29 is 14.3 Å². The Morgan fingerprint density at radius 3 is 2.64 bits per heavy atom. The molecule has 0 saturated heterocycles. The summed E-state index contributed by atoms with van der Waals surface area (Å²) < 4.78 is 10.4. The van der Waals surface area contributed by atoms with Gasteiger partial charge in [0.1, 0.15) is 23.7 Å². The third kappa shape index (κ3) is 5.01. The first-order valence-electron chi connectivity index (χ1n) is 8.66. The van der Waals surface area contributed by atoms with E-state index in [9.17, 15) is 9.59 Å². The van der Waals surface area contributed by atoms with Gasteiger partial charge in [0, 0.05) is 37.8 Å². The molecular weight excluding hydrogens is 360 g/mol. The van der Waals surface area contributed by atoms with E-state index >= 15 is 0 Å². The van der Waals surface area contributed by atoms with Crippen molar-refractivity contribution >= 4 is 5.91 Å². The van der Waals surface area contributed by atoms with Crippen LogP contribution in [0, 0.1) is 0 Å². The molecule has 2 N–H and O–H groups in total. The molecule has 8 heteroatoms. The Labute approximate surface area is 161 Å². The number of aromatic amines is 1. The molecule has 2 heterocycles. The van der Waals surface area contributed by atoms with Crippen LogP contribution in [0.5, 0.6) is 5.75 Å². The largest absolute Gasteiger partial charge is 0.491 e. The second kappa shape index (κ2) is 9.43. The topological polar surface area (TPSA) is 106 Å². The summed E-state index contributed by atoms with van der Waals surface area (Å²) in [6, 6.07) is 10.8.